The Kier molecular flexibility index (Phi) is 6.71. The first-order valence-electron chi connectivity index (χ1n) is 12.5. The Morgan fingerprint density at radius 3 is 2.39 bits per heavy atom. The minimum Gasteiger partial charge on any atom is -0.506 e. The molecule has 3 aromatic carbocycles. The molecule has 0 aliphatic carbocycles. The average Bonchev–Trinajstić information content (AvgIpc) is 3.21. The van der Waals surface area contributed by atoms with Crippen molar-refractivity contribution in [3.8, 4) is 22.7 Å². The molecule has 0 aliphatic rings. The molecule has 0 amide bonds. The topological polar surface area (TPSA) is 50.9 Å². The van der Waals surface area contributed by atoms with Crippen molar-refractivity contribution >= 4 is 21.9 Å². The molecular formula is C33H28N3OPt-. The number of hydrogen-bond acceptors (Lipinski definition) is 3. The maximum atomic E-state index is 10.8. The van der Waals surface area contributed by atoms with Crippen molar-refractivity contribution in [1.29, 1.82) is 0 Å². The third-order valence-corrected chi connectivity index (χ3v) is 7.24. The Morgan fingerprint density at radius 1 is 0.842 bits per heavy atom. The number of aromatic nitrogens is 3. The zero-order chi connectivity index (χ0) is 25.7. The minimum atomic E-state index is -0.308. The molecule has 3 aromatic heterocycles. The number of hydrogen-bond donors (Lipinski definition) is 1. The molecule has 5 heteroatoms. The summed E-state index contributed by atoms with van der Waals surface area (Å²) >= 11 is 0. The smallest absolute Gasteiger partial charge is 0.139 e. The van der Waals surface area contributed by atoms with Crippen LogP contribution in [-0.4, -0.2) is 19.6 Å². The molecule has 192 valence electrons. The van der Waals surface area contributed by atoms with Crippen LogP contribution in [0.2, 0.25) is 0 Å². The molecule has 0 spiro atoms. The number of aromatic hydroxyl groups is 1. The van der Waals surface area contributed by atoms with E-state index in [1.807, 2.05) is 36.5 Å². The van der Waals surface area contributed by atoms with Gasteiger partial charge < -0.3 is 5.11 Å². The van der Waals surface area contributed by atoms with Crippen molar-refractivity contribution in [2.75, 3.05) is 0 Å². The second kappa shape index (κ2) is 9.85. The predicted octanol–water partition coefficient (Wildman–Crippen LogP) is 7.69. The van der Waals surface area contributed by atoms with Crippen LogP contribution in [-0.2, 0) is 26.5 Å². The van der Waals surface area contributed by atoms with Gasteiger partial charge in [0, 0.05) is 49.1 Å². The quantitative estimate of drug-likeness (QED) is 0.195. The molecule has 4 nitrogen and oxygen atoms in total. The molecule has 1 N–H and O–H groups in total. The van der Waals surface area contributed by atoms with Crippen LogP contribution in [0.5, 0.6) is 5.75 Å². The summed E-state index contributed by atoms with van der Waals surface area (Å²) in [5.41, 5.74) is 8.36. The zero-order valence-electron chi connectivity index (χ0n) is 21.8. The van der Waals surface area contributed by atoms with Gasteiger partial charge in [-0.3, -0.25) is 14.5 Å². The Balaban J connectivity index is 0.00000294. The summed E-state index contributed by atoms with van der Waals surface area (Å²) in [7, 11) is 0. The van der Waals surface area contributed by atoms with E-state index in [0.717, 1.165) is 50.0 Å². The van der Waals surface area contributed by atoms with Gasteiger partial charge in [-0.1, -0.05) is 55.3 Å². The summed E-state index contributed by atoms with van der Waals surface area (Å²) in [5, 5.41) is 13.0. The van der Waals surface area contributed by atoms with E-state index in [1.54, 1.807) is 6.07 Å². The van der Waals surface area contributed by atoms with Crippen LogP contribution in [0.1, 0.15) is 36.2 Å². The Bertz CT molecular complexity index is 1790. The van der Waals surface area contributed by atoms with Crippen LogP contribution in [0.4, 0.5) is 0 Å². The van der Waals surface area contributed by atoms with E-state index in [0.29, 0.717) is 5.69 Å². The van der Waals surface area contributed by atoms with Gasteiger partial charge in [-0.2, -0.15) is 0 Å². The van der Waals surface area contributed by atoms with Crippen molar-refractivity contribution in [2.24, 2.45) is 0 Å². The van der Waals surface area contributed by atoms with E-state index in [4.69, 9.17) is 4.98 Å². The monoisotopic (exact) mass is 677 g/mol. The molecular weight excluding hydrogens is 649 g/mol. The van der Waals surface area contributed by atoms with Gasteiger partial charge >= 0.3 is 0 Å². The van der Waals surface area contributed by atoms with E-state index in [1.165, 1.54) is 5.56 Å². The third-order valence-electron chi connectivity index (χ3n) is 7.24. The number of fused-ring (bicyclic) bond motifs is 3. The number of para-hydroxylation sites is 2. The van der Waals surface area contributed by atoms with Crippen LogP contribution < -0.4 is 0 Å². The summed E-state index contributed by atoms with van der Waals surface area (Å²) in [5.74, 6) is 0.219. The van der Waals surface area contributed by atoms with Gasteiger partial charge in [-0.05, 0) is 55.9 Å². The van der Waals surface area contributed by atoms with Crippen molar-refractivity contribution in [3.63, 3.8) is 0 Å². The fourth-order valence-corrected chi connectivity index (χ4v) is 5.16. The maximum absolute atomic E-state index is 10.8. The third kappa shape index (κ3) is 4.23. The molecule has 0 fully saturated rings. The number of aryl methyl sites for hydroxylation is 2. The number of benzene rings is 3. The first-order chi connectivity index (χ1) is 17.8. The summed E-state index contributed by atoms with van der Waals surface area (Å²) < 4.78 is 2.06. The fraction of sp³-hybridized carbons (Fsp3) is 0.152. The van der Waals surface area contributed by atoms with E-state index >= 15 is 0 Å². The molecule has 0 saturated carbocycles. The number of pyridine rings is 2. The molecule has 0 aliphatic heterocycles. The first-order valence-corrected chi connectivity index (χ1v) is 12.5. The number of rotatable bonds is 4. The number of phenols is 1. The molecule has 0 radical (unpaired) electrons. The van der Waals surface area contributed by atoms with E-state index in [-0.39, 0.29) is 32.2 Å². The van der Waals surface area contributed by atoms with E-state index in [9.17, 15) is 5.11 Å². The van der Waals surface area contributed by atoms with Gasteiger partial charge in [-0.15, -0.1) is 35.4 Å². The molecule has 0 bridgehead atoms. The second-order valence-electron chi connectivity index (χ2n) is 10.2. The standard InChI is InChI=1S/C33H28N3O.Pt/c1-21-15-16-27-25(18-21)26-19-22(2)31(35-32(26)36(27)28-12-5-6-13-29(28)37)23-10-9-11-24(20-23)33(3,4)30-14-7-8-17-34-30;/h5-19,37H,1-4H3;/q-1;. The first kappa shape index (κ1) is 25.9. The minimum absolute atomic E-state index is 0. The van der Waals surface area contributed by atoms with Crippen molar-refractivity contribution in [2.45, 2.75) is 33.1 Å². The molecule has 0 atom stereocenters. The van der Waals surface area contributed by atoms with Gasteiger partial charge in [0.25, 0.3) is 0 Å². The van der Waals surface area contributed by atoms with Crippen LogP contribution in [0.15, 0.2) is 91.1 Å². The Hall–Kier alpha value is -3.75. The summed E-state index contributed by atoms with van der Waals surface area (Å²) in [6.45, 7) is 8.55. The SMILES string of the molecule is Cc1ccc2c(c1)c1cc(C)c(-c3[c-]c(C(C)(C)c4ccccn4)ccc3)nc1n2-c1ccccc1O.[Pt]. The summed E-state index contributed by atoms with van der Waals surface area (Å²) in [6, 6.07) is 31.9. The van der Waals surface area contributed by atoms with Gasteiger partial charge in [-0.25, -0.2) is 0 Å². The second-order valence-corrected chi connectivity index (χ2v) is 10.2. The van der Waals surface area contributed by atoms with Gasteiger partial charge in [0.1, 0.15) is 11.4 Å². The molecule has 6 rings (SSSR count). The number of phenolic OH excluding ortho intramolecular Hbond substituents is 1. The van der Waals surface area contributed by atoms with Gasteiger partial charge in [0.05, 0.1) is 11.2 Å². The largest absolute Gasteiger partial charge is 0.506 e. The van der Waals surface area contributed by atoms with Gasteiger partial charge in [0.2, 0.25) is 0 Å². The molecule has 0 saturated heterocycles. The molecule has 6 aromatic rings. The molecule has 3 heterocycles. The Morgan fingerprint density at radius 2 is 1.63 bits per heavy atom. The molecule has 0 unspecified atom stereocenters. The van der Waals surface area contributed by atoms with Crippen LogP contribution >= 0.6 is 0 Å². The normalized spacial score (nSPS) is 11.6. The summed E-state index contributed by atoms with van der Waals surface area (Å²) in [4.78, 5) is 9.84. The Labute approximate surface area is 237 Å². The van der Waals surface area contributed by atoms with Crippen LogP contribution in [0.25, 0.3) is 38.9 Å². The van der Waals surface area contributed by atoms with Crippen LogP contribution in [0, 0.1) is 19.9 Å². The maximum Gasteiger partial charge on any atom is 0.139 e. The van der Waals surface area contributed by atoms with Crippen molar-refractivity contribution in [3.05, 3.63) is 120 Å². The van der Waals surface area contributed by atoms with E-state index in [2.05, 4.69) is 91.8 Å². The molecule has 38 heavy (non-hydrogen) atoms. The average molecular weight is 678 g/mol. The van der Waals surface area contributed by atoms with Crippen molar-refractivity contribution < 1.29 is 26.2 Å². The van der Waals surface area contributed by atoms with Gasteiger partial charge in [0.15, 0.2) is 0 Å². The van der Waals surface area contributed by atoms with Crippen molar-refractivity contribution in [1.82, 2.24) is 14.5 Å². The van der Waals surface area contributed by atoms with Crippen LogP contribution in [0.3, 0.4) is 0 Å². The fourth-order valence-electron chi connectivity index (χ4n) is 5.16. The zero-order valence-corrected chi connectivity index (χ0v) is 24.0. The number of nitrogens with zero attached hydrogens (tertiary/aromatic N) is 3. The summed E-state index contributed by atoms with van der Waals surface area (Å²) in [6.07, 6.45) is 1.83. The van der Waals surface area contributed by atoms with E-state index < -0.39 is 0 Å². The predicted molar refractivity (Wildman–Crippen MR) is 150 cm³/mol.